The molecule has 19 heavy (non-hydrogen) atoms. The molecule has 0 saturated carbocycles. The molecule has 0 aliphatic carbocycles. The standard InChI is InChI=1S/C16H23NO2/c1-11-9-15(6-8-18-11)17-12(2)13-3-4-16-14(10-13)5-7-19-16/h3-4,10-12,15,17H,5-9H2,1-2H3. The monoisotopic (exact) mass is 261 g/mol. The van der Waals surface area contributed by atoms with Gasteiger partial charge in [-0.2, -0.15) is 0 Å². The zero-order chi connectivity index (χ0) is 13.2. The van der Waals surface area contributed by atoms with Crippen molar-refractivity contribution in [2.75, 3.05) is 13.2 Å². The minimum Gasteiger partial charge on any atom is -0.493 e. The number of ether oxygens (including phenoxy) is 2. The van der Waals surface area contributed by atoms with Gasteiger partial charge in [-0.25, -0.2) is 0 Å². The average Bonchev–Trinajstić information content (AvgIpc) is 2.85. The van der Waals surface area contributed by atoms with Crippen LogP contribution in [-0.4, -0.2) is 25.4 Å². The molecule has 2 heterocycles. The normalized spacial score (nSPS) is 27.7. The molecule has 1 N–H and O–H groups in total. The van der Waals surface area contributed by atoms with Crippen LogP contribution < -0.4 is 10.1 Å². The van der Waals surface area contributed by atoms with Crippen LogP contribution in [0.5, 0.6) is 5.75 Å². The van der Waals surface area contributed by atoms with Gasteiger partial charge < -0.3 is 14.8 Å². The summed E-state index contributed by atoms with van der Waals surface area (Å²) < 4.78 is 11.2. The highest BCUT2D eigenvalue weighted by atomic mass is 16.5. The van der Waals surface area contributed by atoms with Crippen molar-refractivity contribution >= 4 is 0 Å². The van der Waals surface area contributed by atoms with Gasteiger partial charge in [0.1, 0.15) is 5.75 Å². The second-order valence-corrected chi connectivity index (χ2v) is 5.76. The average molecular weight is 261 g/mol. The largest absolute Gasteiger partial charge is 0.493 e. The molecular formula is C16H23NO2. The fourth-order valence-electron chi connectivity index (χ4n) is 3.08. The molecule has 0 aromatic heterocycles. The maximum Gasteiger partial charge on any atom is 0.122 e. The van der Waals surface area contributed by atoms with E-state index in [4.69, 9.17) is 9.47 Å². The van der Waals surface area contributed by atoms with Crippen LogP contribution >= 0.6 is 0 Å². The molecule has 1 aromatic rings. The molecule has 3 heteroatoms. The minimum atomic E-state index is 0.381. The van der Waals surface area contributed by atoms with Crippen LogP contribution in [0.1, 0.15) is 43.9 Å². The van der Waals surface area contributed by atoms with E-state index in [0.29, 0.717) is 18.2 Å². The molecule has 0 spiro atoms. The summed E-state index contributed by atoms with van der Waals surface area (Å²) in [6.07, 6.45) is 3.65. The Hall–Kier alpha value is -1.06. The van der Waals surface area contributed by atoms with Crippen molar-refractivity contribution < 1.29 is 9.47 Å². The molecule has 2 aliphatic rings. The van der Waals surface area contributed by atoms with Crippen LogP contribution in [0.3, 0.4) is 0 Å². The lowest BCUT2D eigenvalue weighted by molar-refractivity contribution is 0.0116. The van der Waals surface area contributed by atoms with Crippen LogP contribution in [-0.2, 0) is 11.2 Å². The number of hydrogen-bond acceptors (Lipinski definition) is 3. The second-order valence-electron chi connectivity index (χ2n) is 5.76. The molecule has 1 fully saturated rings. The highest BCUT2D eigenvalue weighted by Gasteiger charge is 2.22. The number of fused-ring (bicyclic) bond motifs is 1. The van der Waals surface area contributed by atoms with Gasteiger partial charge in [-0.05, 0) is 43.9 Å². The van der Waals surface area contributed by atoms with Crippen LogP contribution in [0.2, 0.25) is 0 Å². The Labute approximate surface area is 115 Å². The van der Waals surface area contributed by atoms with Crippen molar-refractivity contribution in [2.45, 2.75) is 51.3 Å². The Balaban J connectivity index is 1.65. The smallest absolute Gasteiger partial charge is 0.122 e. The number of rotatable bonds is 3. The van der Waals surface area contributed by atoms with Gasteiger partial charge in [-0.3, -0.25) is 0 Å². The molecule has 1 saturated heterocycles. The first-order valence-electron chi connectivity index (χ1n) is 7.35. The van der Waals surface area contributed by atoms with Crippen molar-refractivity contribution in [1.29, 1.82) is 0 Å². The van der Waals surface area contributed by atoms with E-state index >= 15 is 0 Å². The molecule has 3 atom stereocenters. The Morgan fingerprint density at radius 3 is 3.05 bits per heavy atom. The first kappa shape index (κ1) is 12.9. The summed E-state index contributed by atoms with van der Waals surface area (Å²) in [6.45, 7) is 6.12. The Bertz CT molecular complexity index is 446. The third-order valence-electron chi connectivity index (χ3n) is 4.18. The first-order chi connectivity index (χ1) is 9.22. The Kier molecular flexibility index (Phi) is 3.76. The summed E-state index contributed by atoms with van der Waals surface area (Å²) in [6, 6.07) is 7.56. The van der Waals surface area contributed by atoms with Crippen molar-refractivity contribution in [2.24, 2.45) is 0 Å². The molecule has 3 nitrogen and oxygen atoms in total. The number of benzene rings is 1. The highest BCUT2D eigenvalue weighted by Crippen LogP contribution is 2.28. The quantitative estimate of drug-likeness (QED) is 0.907. The van der Waals surface area contributed by atoms with Crippen LogP contribution in [0.4, 0.5) is 0 Å². The lowest BCUT2D eigenvalue weighted by atomic mass is 9.99. The lowest BCUT2D eigenvalue weighted by Crippen LogP contribution is -2.39. The molecule has 0 bridgehead atoms. The van der Waals surface area contributed by atoms with E-state index in [0.717, 1.165) is 38.2 Å². The fourth-order valence-corrected chi connectivity index (χ4v) is 3.08. The molecule has 3 unspecified atom stereocenters. The molecule has 0 radical (unpaired) electrons. The maximum atomic E-state index is 5.60. The first-order valence-corrected chi connectivity index (χ1v) is 7.35. The zero-order valence-electron chi connectivity index (χ0n) is 11.8. The third-order valence-corrected chi connectivity index (χ3v) is 4.18. The van der Waals surface area contributed by atoms with Crippen LogP contribution in [0.25, 0.3) is 0 Å². The van der Waals surface area contributed by atoms with Crippen molar-refractivity contribution in [1.82, 2.24) is 5.32 Å². The van der Waals surface area contributed by atoms with Gasteiger partial charge in [-0.1, -0.05) is 12.1 Å². The third kappa shape index (κ3) is 2.93. The summed E-state index contributed by atoms with van der Waals surface area (Å²) in [7, 11) is 0. The van der Waals surface area contributed by atoms with Gasteiger partial charge in [0.2, 0.25) is 0 Å². The van der Waals surface area contributed by atoms with E-state index in [1.165, 1.54) is 11.1 Å². The van der Waals surface area contributed by atoms with Gasteiger partial charge >= 0.3 is 0 Å². The summed E-state index contributed by atoms with van der Waals surface area (Å²) in [4.78, 5) is 0. The lowest BCUT2D eigenvalue weighted by Gasteiger charge is -2.30. The Morgan fingerprint density at radius 2 is 2.21 bits per heavy atom. The topological polar surface area (TPSA) is 30.5 Å². The molecule has 1 aromatic carbocycles. The number of nitrogens with one attached hydrogen (secondary N) is 1. The van der Waals surface area contributed by atoms with Crippen molar-refractivity contribution in [3.05, 3.63) is 29.3 Å². The molecule has 2 aliphatic heterocycles. The maximum absolute atomic E-state index is 5.60. The minimum absolute atomic E-state index is 0.381. The van der Waals surface area contributed by atoms with Gasteiger partial charge in [-0.15, -0.1) is 0 Å². The molecule has 3 rings (SSSR count). The van der Waals surface area contributed by atoms with E-state index in [-0.39, 0.29) is 0 Å². The highest BCUT2D eigenvalue weighted by molar-refractivity contribution is 5.40. The molecule has 104 valence electrons. The van der Waals surface area contributed by atoms with Gasteiger partial charge in [0.15, 0.2) is 0 Å². The fraction of sp³-hybridized carbons (Fsp3) is 0.625. The van der Waals surface area contributed by atoms with Crippen LogP contribution in [0.15, 0.2) is 18.2 Å². The summed E-state index contributed by atoms with van der Waals surface area (Å²) >= 11 is 0. The van der Waals surface area contributed by atoms with E-state index in [1.807, 2.05) is 0 Å². The zero-order valence-corrected chi connectivity index (χ0v) is 11.8. The summed E-state index contributed by atoms with van der Waals surface area (Å²) in [5.74, 6) is 1.07. The van der Waals surface area contributed by atoms with E-state index in [1.54, 1.807) is 0 Å². The number of hydrogen-bond donors (Lipinski definition) is 1. The molecular weight excluding hydrogens is 238 g/mol. The Morgan fingerprint density at radius 1 is 1.32 bits per heavy atom. The molecule has 0 amide bonds. The summed E-state index contributed by atoms with van der Waals surface area (Å²) in [5.41, 5.74) is 2.72. The van der Waals surface area contributed by atoms with Gasteiger partial charge in [0, 0.05) is 25.1 Å². The predicted molar refractivity (Wildman–Crippen MR) is 75.6 cm³/mol. The van der Waals surface area contributed by atoms with Crippen LogP contribution in [0, 0.1) is 0 Å². The van der Waals surface area contributed by atoms with Crippen molar-refractivity contribution in [3.8, 4) is 5.75 Å². The van der Waals surface area contributed by atoms with E-state index in [9.17, 15) is 0 Å². The van der Waals surface area contributed by atoms with Crippen molar-refractivity contribution in [3.63, 3.8) is 0 Å². The van der Waals surface area contributed by atoms with E-state index < -0.39 is 0 Å². The second kappa shape index (κ2) is 5.51. The van der Waals surface area contributed by atoms with Gasteiger partial charge in [0.25, 0.3) is 0 Å². The van der Waals surface area contributed by atoms with Gasteiger partial charge in [0.05, 0.1) is 12.7 Å². The predicted octanol–water partition coefficient (Wildman–Crippen LogP) is 2.84. The van der Waals surface area contributed by atoms with E-state index in [2.05, 4.69) is 37.4 Å². The summed E-state index contributed by atoms with van der Waals surface area (Å²) in [5, 5.41) is 3.74. The SMILES string of the molecule is CC1CC(NC(C)c2ccc3c(c2)CCO3)CCO1.